The number of H-pyrrole nitrogens is 1. The first-order valence-corrected chi connectivity index (χ1v) is 4.70. The first-order valence-electron chi connectivity index (χ1n) is 4.70. The van der Waals surface area contributed by atoms with Crippen LogP contribution in [0.5, 0.6) is 0 Å². The Morgan fingerprint density at radius 2 is 1.71 bits per heavy atom. The van der Waals surface area contributed by atoms with E-state index in [1.54, 1.807) is 0 Å². The highest BCUT2D eigenvalue weighted by atomic mass is 16.6. The number of aromatic nitrogens is 2. The van der Waals surface area contributed by atoms with Crippen molar-refractivity contribution in [3.8, 4) is 0 Å². The zero-order chi connectivity index (χ0) is 12.7. The predicted molar refractivity (Wildman–Crippen MR) is 58.9 cm³/mol. The Balaban J connectivity index is 3.02. The summed E-state index contributed by atoms with van der Waals surface area (Å²) in [6.45, 7) is 2.91. The summed E-state index contributed by atoms with van der Waals surface area (Å²) in [5, 5.41) is 28.4. The lowest BCUT2D eigenvalue weighted by Crippen LogP contribution is -2.01. The number of fused-ring (bicyclic) bond motifs is 1. The molecule has 8 heteroatoms. The van der Waals surface area contributed by atoms with Gasteiger partial charge in [0, 0.05) is 0 Å². The number of benzene rings is 1. The third kappa shape index (κ3) is 1.41. The molecular weight excluding hydrogens is 228 g/mol. The number of nitro groups is 2. The topological polar surface area (TPSA) is 115 Å². The Kier molecular flexibility index (Phi) is 2.27. The Hall–Kier alpha value is -2.51. The van der Waals surface area contributed by atoms with Crippen molar-refractivity contribution in [2.24, 2.45) is 0 Å². The maximum Gasteiger partial charge on any atom is 0.290 e. The fraction of sp³-hybridized carbons (Fsp3) is 0.222. The summed E-state index contributed by atoms with van der Waals surface area (Å²) < 4.78 is 0. The van der Waals surface area contributed by atoms with E-state index in [0.717, 1.165) is 0 Å². The highest BCUT2D eigenvalue weighted by molar-refractivity contribution is 5.95. The number of nitrogens with one attached hydrogen (secondary N) is 1. The minimum Gasteiger partial charge on any atom is -0.277 e. The zero-order valence-electron chi connectivity index (χ0n) is 9.05. The van der Waals surface area contributed by atoms with Crippen LogP contribution in [0.1, 0.15) is 11.1 Å². The second-order valence-corrected chi connectivity index (χ2v) is 3.62. The van der Waals surface area contributed by atoms with Crippen LogP contribution in [0.4, 0.5) is 11.4 Å². The van der Waals surface area contributed by atoms with E-state index < -0.39 is 9.85 Å². The maximum absolute atomic E-state index is 11.0. The Labute approximate surface area is 94.5 Å². The molecule has 0 radical (unpaired) electrons. The standard InChI is InChI=1S/C9H8N4O4/c1-4-7-6(3-10-11-7)9(13(16)17)5(2)8(4)12(14)15/h3H,1-2H3,(H,10,11). The summed E-state index contributed by atoms with van der Waals surface area (Å²) in [6.07, 6.45) is 1.30. The highest BCUT2D eigenvalue weighted by Crippen LogP contribution is 2.38. The van der Waals surface area contributed by atoms with Crippen LogP contribution in [0, 0.1) is 34.1 Å². The van der Waals surface area contributed by atoms with Crippen molar-refractivity contribution in [2.45, 2.75) is 13.8 Å². The molecule has 2 aromatic rings. The van der Waals surface area contributed by atoms with Crippen molar-refractivity contribution in [3.63, 3.8) is 0 Å². The molecule has 8 nitrogen and oxygen atoms in total. The highest BCUT2D eigenvalue weighted by Gasteiger charge is 2.29. The van der Waals surface area contributed by atoms with E-state index in [9.17, 15) is 20.2 Å². The number of aryl methyl sites for hydroxylation is 1. The predicted octanol–water partition coefficient (Wildman–Crippen LogP) is 2.00. The monoisotopic (exact) mass is 236 g/mol. The van der Waals surface area contributed by atoms with Crippen LogP contribution in [0.3, 0.4) is 0 Å². The van der Waals surface area contributed by atoms with Crippen LogP contribution in [0.2, 0.25) is 0 Å². The summed E-state index contributed by atoms with van der Waals surface area (Å²) in [5.74, 6) is 0. The minimum absolute atomic E-state index is 0.0476. The van der Waals surface area contributed by atoms with Crippen molar-refractivity contribution in [3.05, 3.63) is 37.6 Å². The molecule has 0 unspecified atom stereocenters. The van der Waals surface area contributed by atoms with E-state index in [2.05, 4.69) is 10.2 Å². The Bertz CT molecular complexity index is 646. The molecular formula is C9H8N4O4. The van der Waals surface area contributed by atoms with Gasteiger partial charge in [0.1, 0.15) is 5.56 Å². The Morgan fingerprint density at radius 1 is 1.12 bits per heavy atom. The average Bonchev–Trinajstić information content (AvgIpc) is 2.65. The number of hydrogen-bond acceptors (Lipinski definition) is 5. The maximum atomic E-state index is 11.0. The van der Waals surface area contributed by atoms with Gasteiger partial charge in [0.25, 0.3) is 11.4 Å². The first kappa shape index (κ1) is 11.0. The van der Waals surface area contributed by atoms with Gasteiger partial charge in [0.2, 0.25) is 0 Å². The molecule has 0 aliphatic carbocycles. The van der Waals surface area contributed by atoms with E-state index in [4.69, 9.17) is 0 Å². The van der Waals surface area contributed by atoms with E-state index in [1.165, 1.54) is 20.0 Å². The van der Waals surface area contributed by atoms with E-state index in [-0.39, 0.29) is 22.3 Å². The number of hydrogen-bond donors (Lipinski definition) is 1. The molecule has 1 aromatic heterocycles. The lowest BCUT2D eigenvalue weighted by Gasteiger charge is -2.04. The van der Waals surface area contributed by atoms with Crippen LogP contribution in [-0.4, -0.2) is 20.0 Å². The van der Waals surface area contributed by atoms with Gasteiger partial charge in [-0.25, -0.2) is 0 Å². The van der Waals surface area contributed by atoms with Gasteiger partial charge in [-0.2, -0.15) is 5.10 Å². The van der Waals surface area contributed by atoms with Crippen molar-refractivity contribution >= 4 is 22.3 Å². The molecule has 0 amide bonds. The summed E-state index contributed by atoms with van der Waals surface area (Å²) in [7, 11) is 0. The molecule has 0 bridgehead atoms. The van der Waals surface area contributed by atoms with Gasteiger partial charge in [0.05, 0.1) is 32.5 Å². The van der Waals surface area contributed by atoms with Crippen molar-refractivity contribution in [2.75, 3.05) is 0 Å². The SMILES string of the molecule is Cc1c([N+](=O)[O-])c(C)c2[nH]ncc2c1[N+](=O)[O-]. The second kappa shape index (κ2) is 3.51. The fourth-order valence-corrected chi connectivity index (χ4v) is 1.97. The van der Waals surface area contributed by atoms with Crippen LogP contribution >= 0.6 is 0 Å². The number of nitrogens with zero attached hydrogens (tertiary/aromatic N) is 3. The van der Waals surface area contributed by atoms with E-state index >= 15 is 0 Å². The van der Waals surface area contributed by atoms with Gasteiger partial charge in [-0.05, 0) is 13.8 Å². The van der Waals surface area contributed by atoms with Crippen LogP contribution < -0.4 is 0 Å². The summed E-state index contributed by atoms with van der Waals surface area (Å²) in [6, 6.07) is 0. The summed E-state index contributed by atoms with van der Waals surface area (Å²) >= 11 is 0. The lowest BCUT2D eigenvalue weighted by molar-refractivity contribution is -0.394. The van der Waals surface area contributed by atoms with Crippen LogP contribution in [0.15, 0.2) is 6.20 Å². The molecule has 0 saturated carbocycles. The van der Waals surface area contributed by atoms with Gasteiger partial charge >= 0.3 is 0 Å². The minimum atomic E-state index is -0.625. The number of nitro benzene ring substituents is 2. The number of aromatic amines is 1. The molecule has 17 heavy (non-hydrogen) atoms. The second-order valence-electron chi connectivity index (χ2n) is 3.62. The van der Waals surface area contributed by atoms with Crippen molar-refractivity contribution < 1.29 is 9.85 Å². The Morgan fingerprint density at radius 3 is 2.24 bits per heavy atom. The van der Waals surface area contributed by atoms with Gasteiger partial charge in [-0.3, -0.25) is 25.3 Å². The first-order chi connectivity index (χ1) is 7.95. The molecule has 1 N–H and O–H groups in total. The van der Waals surface area contributed by atoms with E-state index in [0.29, 0.717) is 11.1 Å². The average molecular weight is 236 g/mol. The molecule has 0 spiro atoms. The van der Waals surface area contributed by atoms with Gasteiger partial charge in [0.15, 0.2) is 0 Å². The normalized spacial score (nSPS) is 10.7. The molecule has 88 valence electrons. The molecule has 0 saturated heterocycles. The van der Waals surface area contributed by atoms with Crippen LogP contribution in [-0.2, 0) is 0 Å². The zero-order valence-corrected chi connectivity index (χ0v) is 9.05. The fourth-order valence-electron chi connectivity index (χ4n) is 1.97. The quantitative estimate of drug-likeness (QED) is 0.632. The summed E-state index contributed by atoms with van der Waals surface area (Å²) in [4.78, 5) is 20.7. The third-order valence-electron chi connectivity index (χ3n) is 2.70. The van der Waals surface area contributed by atoms with Gasteiger partial charge < -0.3 is 0 Å². The third-order valence-corrected chi connectivity index (χ3v) is 2.70. The van der Waals surface area contributed by atoms with Crippen molar-refractivity contribution in [1.29, 1.82) is 0 Å². The lowest BCUT2D eigenvalue weighted by atomic mass is 10.0. The largest absolute Gasteiger partial charge is 0.290 e. The molecule has 2 rings (SSSR count). The molecule has 0 aliphatic rings. The molecule has 0 aliphatic heterocycles. The molecule has 1 heterocycles. The summed E-state index contributed by atoms with van der Waals surface area (Å²) in [5.41, 5.74) is 0.213. The van der Waals surface area contributed by atoms with Gasteiger partial charge in [-0.1, -0.05) is 0 Å². The van der Waals surface area contributed by atoms with Gasteiger partial charge in [-0.15, -0.1) is 0 Å². The molecule has 0 fully saturated rings. The van der Waals surface area contributed by atoms with Crippen LogP contribution in [0.25, 0.3) is 10.9 Å². The van der Waals surface area contributed by atoms with E-state index in [1.807, 2.05) is 0 Å². The molecule has 0 atom stereocenters. The van der Waals surface area contributed by atoms with Crippen molar-refractivity contribution in [1.82, 2.24) is 10.2 Å². The smallest absolute Gasteiger partial charge is 0.277 e. The molecule has 1 aromatic carbocycles. The number of rotatable bonds is 2.